The van der Waals surface area contributed by atoms with E-state index in [4.69, 9.17) is 11.6 Å². The van der Waals surface area contributed by atoms with Gasteiger partial charge in [0, 0.05) is 17.3 Å². The van der Waals surface area contributed by atoms with Crippen LogP contribution < -0.4 is 10.5 Å². The fourth-order valence-electron chi connectivity index (χ4n) is 5.06. The molecule has 9 heteroatoms. The number of allylic oxidation sites excluding steroid dienone is 1. The van der Waals surface area contributed by atoms with Crippen molar-refractivity contribution in [3.8, 4) is 0 Å². The van der Waals surface area contributed by atoms with Crippen LogP contribution in [0.2, 0.25) is 5.02 Å². The zero-order valence-electron chi connectivity index (χ0n) is 18.8. The third kappa shape index (κ3) is 3.81. The van der Waals surface area contributed by atoms with Gasteiger partial charge in [0.25, 0.3) is 5.56 Å². The number of anilines is 1. The molecule has 0 spiro atoms. The van der Waals surface area contributed by atoms with Crippen molar-refractivity contribution in [1.82, 2.24) is 9.38 Å². The van der Waals surface area contributed by atoms with E-state index < -0.39 is 11.9 Å². The van der Waals surface area contributed by atoms with Crippen molar-refractivity contribution in [2.75, 3.05) is 4.90 Å². The Bertz CT molecular complexity index is 1510. The molecule has 3 aromatic rings. The Balaban J connectivity index is 1.48. The lowest BCUT2D eigenvalue weighted by Crippen LogP contribution is -2.53. The quantitative estimate of drug-likeness (QED) is 0.468. The number of imide groups is 1. The van der Waals surface area contributed by atoms with Crippen LogP contribution in [0.1, 0.15) is 37.8 Å². The zero-order chi connectivity index (χ0) is 24.1. The van der Waals surface area contributed by atoms with Crippen LogP contribution in [0.25, 0.3) is 5.65 Å². The van der Waals surface area contributed by atoms with Crippen molar-refractivity contribution in [2.24, 2.45) is 5.92 Å². The number of amides is 3. The lowest BCUT2D eigenvalue weighted by Gasteiger charge is -2.25. The molecule has 2 aromatic heterocycles. The molecule has 35 heavy (non-hydrogen) atoms. The summed E-state index contributed by atoms with van der Waals surface area (Å²) in [6.07, 6.45) is 6.70. The molecule has 176 valence electrons. The van der Waals surface area contributed by atoms with Crippen LogP contribution in [0.4, 0.5) is 10.5 Å². The molecule has 3 amide bonds. The van der Waals surface area contributed by atoms with E-state index in [9.17, 15) is 14.4 Å². The van der Waals surface area contributed by atoms with Crippen molar-refractivity contribution >= 4 is 51.7 Å². The third-order valence-corrected chi connectivity index (χ3v) is 8.35. The second-order valence-corrected chi connectivity index (χ2v) is 10.5. The van der Waals surface area contributed by atoms with E-state index in [0.29, 0.717) is 22.1 Å². The molecule has 1 atom stereocenters. The van der Waals surface area contributed by atoms with E-state index in [0.717, 1.165) is 42.7 Å². The molecule has 1 aliphatic carbocycles. The summed E-state index contributed by atoms with van der Waals surface area (Å²) in [6.45, 7) is 0.107. The topological polar surface area (TPSA) is 74.8 Å². The number of benzene rings is 1. The summed E-state index contributed by atoms with van der Waals surface area (Å²) >= 11 is 7.62. The fourth-order valence-corrected chi connectivity index (χ4v) is 6.65. The highest BCUT2D eigenvalue weighted by Crippen LogP contribution is 2.47. The van der Waals surface area contributed by atoms with Crippen LogP contribution >= 0.6 is 23.4 Å². The van der Waals surface area contributed by atoms with Crippen molar-refractivity contribution in [3.05, 3.63) is 86.3 Å². The number of pyridine rings is 1. The lowest BCUT2D eigenvalue weighted by molar-refractivity contribution is -0.444. The number of fused-ring (bicyclic) bond motifs is 3. The standard InChI is InChI=1S/C26H22ClN4O3S/c27-16-9-11-18(12-10-16)31-24(33)23-19-6-2-1-3-7-20(19)35-25(23)30(26(31)34)15-17-14-22(32)29-13-5-4-8-21(29)28-17/h4-5,8-14,23H,1-3,6-7,15H2/q+1. The number of nitrogens with zero attached hydrogens (tertiary/aromatic N) is 4. The van der Waals surface area contributed by atoms with Crippen molar-refractivity contribution < 1.29 is 14.2 Å². The Hall–Kier alpha value is -3.23. The average molecular weight is 506 g/mol. The van der Waals surface area contributed by atoms with Crippen molar-refractivity contribution in [1.29, 1.82) is 0 Å². The van der Waals surface area contributed by atoms with Gasteiger partial charge in [-0.3, -0.25) is 9.20 Å². The molecule has 1 unspecified atom stereocenters. The number of aromatic nitrogens is 2. The van der Waals surface area contributed by atoms with Crippen molar-refractivity contribution in [2.45, 2.75) is 38.6 Å². The number of thioether (sulfide) groups is 1. The highest BCUT2D eigenvalue weighted by Gasteiger charge is 2.54. The molecule has 3 aliphatic rings. The van der Waals surface area contributed by atoms with Gasteiger partial charge in [0.2, 0.25) is 0 Å². The number of carbonyl (C=O) groups excluding carboxylic acids is 2. The van der Waals surface area contributed by atoms with Crippen LogP contribution in [0.15, 0.2) is 70.0 Å². The predicted octanol–water partition coefficient (Wildman–Crippen LogP) is 5.01. The van der Waals surface area contributed by atoms with Gasteiger partial charge in [-0.1, -0.05) is 35.9 Å². The summed E-state index contributed by atoms with van der Waals surface area (Å²) in [5, 5.41) is 1.26. The van der Waals surface area contributed by atoms with Gasteiger partial charge in [0.05, 0.1) is 5.69 Å². The first-order valence-electron chi connectivity index (χ1n) is 11.7. The second-order valence-electron chi connectivity index (χ2n) is 8.92. The van der Waals surface area contributed by atoms with Gasteiger partial charge >= 0.3 is 11.9 Å². The molecule has 0 radical (unpaired) electrons. The maximum Gasteiger partial charge on any atom is 0.506 e. The first-order chi connectivity index (χ1) is 17.0. The van der Waals surface area contributed by atoms with Crippen LogP contribution in [0.5, 0.6) is 0 Å². The first kappa shape index (κ1) is 22.2. The minimum Gasteiger partial charge on any atom is -0.269 e. The number of halogens is 1. The third-order valence-electron chi connectivity index (χ3n) is 6.72. The Labute approximate surface area is 210 Å². The fraction of sp³-hybridized carbons (Fsp3) is 0.269. The Morgan fingerprint density at radius 2 is 1.83 bits per heavy atom. The maximum absolute atomic E-state index is 13.8. The summed E-state index contributed by atoms with van der Waals surface area (Å²) < 4.78 is 3.09. The minimum absolute atomic E-state index is 0.107. The molecule has 0 N–H and O–H groups in total. The first-order valence-corrected chi connectivity index (χ1v) is 12.9. The van der Waals surface area contributed by atoms with E-state index in [-0.39, 0.29) is 18.0 Å². The van der Waals surface area contributed by atoms with E-state index >= 15 is 0 Å². The van der Waals surface area contributed by atoms with Crippen LogP contribution in [-0.2, 0) is 11.3 Å². The molecular weight excluding hydrogens is 484 g/mol. The smallest absolute Gasteiger partial charge is 0.269 e. The Morgan fingerprint density at radius 1 is 1.03 bits per heavy atom. The van der Waals surface area contributed by atoms with Gasteiger partial charge in [-0.2, -0.15) is 9.37 Å². The molecule has 0 fully saturated rings. The Kier molecular flexibility index (Phi) is 5.57. The molecular formula is C26H22ClN4O3S+. The molecule has 7 nitrogen and oxygen atoms in total. The Morgan fingerprint density at radius 3 is 2.66 bits per heavy atom. The average Bonchev–Trinajstić information content (AvgIpc) is 3.06. The number of hydrogen-bond acceptors (Lipinski definition) is 5. The molecule has 0 saturated carbocycles. The molecule has 4 heterocycles. The molecule has 1 aromatic carbocycles. The van der Waals surface area contributed by atoms with Gasteiger partial charge in [0.1, 0.15) is 17.9 Å². The van der Waals surface area contributed by atoms with Crippen LogP contribution in [0, 0.1) is 5.92 Å². The van der Waals surface area contributed by atoms with Gasteiger partial charge in [-0.15, -0.1) is 4.90 Å². The van der Waals surface area contributed by atoms with E-state index in [1.807, 2.05) is 6.07 Å². The predicted molar refractivity (Wildman–Crippen MR) is 136 cm³/mol. The number of rotatable bonds is 3. The number of urea groups is 1. The van der Waals surface area contributed by atoms with Gasteiger partial charge < -0.3 is 0 Å². The number of hydrogen-bond donors (Lipinski definition) is 0. The molecule has 0 saturated heterocycles. The summed E-state index contributed by atoms with van der Waals surface area (Å²) in [4.78, 5) is 47.4. The molecule has 2 aliphatic heterocycles. The lowest BCUT2D eigenvalue weighted by atomic mass is 9.93. The van der Waals surface area contributed by atoms with Gasteiger partial charge in [0.15, 0.2) is 11.0 Å². The van der Waals surface area contributed by atoms with Gasteiger partial charge in [-0.05, 0) is 72.6 Å². The largest absolute Gasteiger partial charge is 0.506 e. The summed E-state index contributed by atoms with van der Waals surface area (Å²) in [7, 11) is 0. The second kappa shape index (κ2) is 8.77. The molecule has 0 bridgehead atoms. The minimum atomic E-state index is -0.483. The van der Waals surface area contributed by atoms with Crippen LogP contribution in [0.3, 0.4) is 0 Å². The summed E-state index contributed by atoms with van der Waals surface area (Å²) in [6, 6.07) is 13.1. The van der Waals surface area contributed by atoms with E-state index in [1.165, 1.54) is 20.3 Å². The van der Waals surface area contributed by atoms with E-state index in [1.54, 1.807) is 58.9 Å². The van der Waals surface area contributed by atoms with Crippen LogP contribution in [-0.4, -0.2) is 30.9 Å². The zero-order valence-corrected chi connectivity index (χ0v) is 20.4. The van der Waals surface area contributed by atoms with Crippen molar-refractivity contribution in [3.63, 3.8) is 0 Å². The van der Waals surface area contributed by atoms with E-state index in [2.05, 4.69) is 4.98 Å². The normalized spacial score (nSPS) is 20.4. The number of carbonyl (C=O) groups is 2. The summed E-state index contributed by atoms with van der Waals surface area (Å²) in [5.74, 6) is -0.711. The molecule has 6 rings (SSSR count). The highest BCUT2D eigenvalue weighted by molar-refractivity contribution is 8.17. The maximum atomic E-state index is 13.8. The van der Waals surface area contributed by atoms with Gasteiger partial charge in [-0.25, -0.2) is 9.78 Å². The summed E-state index contributed by atoms with van der Waals surface area (Å²) in [5.41, 5.74) is 2.40. The SMILES string of the molecule is O=C1C2C3=C(CCCCC3)SC2=[N+](Cc2cc(=O)n3ccccc3n2)C(=O)N1c1ccc(Cl)cc1. The highest BCUT2D eigenvalue weighted by atomic mass is 35.5. The monoisotopic (exact) mass is 505 g/mol.